The maximum absolute atomic E-state index is 12.0. The van der Waals surface area contributed by atoms with E-state index >= 15 is 0 Å². The normalized spacial score (nSPS) is 34.6. The summed E-state index contributed by atoms with van der Waals surface area (Å²) >= 11 is 0. The van der Waals surface area contributed by atoms with Gasteiger partial charge in [-0.15, -0.1) is 0 Å². The minimum Gasteiger partial charge on any atom is -0.465 e. The minimum atomic E-state index is -2.18. The Morgan fingerprint density at radius 1 is 1.33 bits per heavy atom. The molecule has 130 valence electrons. The van der Waals surface area contributed by atoms with Crippen LogP contribution in [0.2, 0.25) is 0 Å². The van der Waals surface area contributed by atoms with Crippen molar-refractivity contribution in [2.75, 3.05) is 13.7 Å². The summed E-state index contributed by atoms with van der Waals surface area (Å²) < 4.78 is 20.5. The Morgan fingerprint density at radius 2 is 2.04 bits per heavy atom. The molecule has 2 bridgehead atoms. The number of ether oxygens (including phenoxy) is 4. The molecule has 3 rings (SSSR count). The summed E-state index contributed by atoms with van der Waals surface area (Å²) in [7, 11) is 1.12. The number of esters is 2. The van der Waals surface area contributed by atoms with Crippen LogP contribution in [0.25, 0.3) is 0 Å². The Morgan fingerprint density at radius 3 is 2.71 bits per heavy atom. The third-order valence-electron chi connectivity index (χ3n) is 4.13. The molecule has 2 saturated heterocycles. The van der Waals surface area contributed by atoms with Crippen molar-refractivity contribution in [2.24, 2.45) is 0 Å². The molecule has 8 heteroatoms. The Balaban J connectivity index is 1.64. The number of methoxy groups -OCH3 is 1. The standard InChI is InChI=1S/C16H18O8/c1-21-15(19)16(20)7-10-12(17)13(24-16)11(23-10)8-22-14(18)9-5-3-2-4-6-9/h2-6,10-13,17,20H,7-8H2,1H3/t10-,11+,12+,13-,16+/m0/s1. The number of benzene rings is 1. The predicted octanol–water partition coefficient (Wildman–Crippen LogP) is -0.378. The zero-order valence-electron chi connectivity index (χ0n) is 13.0. The van der Waals surface area contributed by atoms with Crippen LogP contribution >= 0.6 is 0 Å². The second kappa shape index (κ2) is 6.48. The van der Waals surface area contributed by atoms with E-state index in [1.807, 2.05) is 0 Å². The van der Waals surface area contributed by atoms with Gasteiger partial charge in [-0.25, -0.2) is 9.59 Å². The van der Waals surface area contributed by atoms with Crippen molar-refractivity contribution >= 4 is 11.9 Å². The third-order valence-corrected chi connectivity index (χ3v) is 4.13. The molecule has 8 nitrogen and oxygen atoms in total. The first kappa shape index (κ1) is 16.8. The molecule has 1 aromatic rings. The first-order valence-electron chi connectivity index (χ1n) is 7.49. The van der Waals surface area contributed by atoms with Crippen molar-refractivity contribution in [2.45, 2.75) is 36.6 Å². The molecule has 0 unspecified atom stereocenters. The molecule has 2 aliphatic rings. The average molecular weight is 338 g/mol. The van der Waals surface area contributed by atoms with E-state index < -0.39 is 42.1 Å². The van der Waals surface area contributed by atoms with Gasteiger partial charge in [-0.3, -0.25) is 0 Å². The number of hydrogen-bond donors (Lipinski definition) is 2. The Labute approximate surface area is 137 Å². The van der Waals surface area contributed by atoms with Gasteiger partial charge in [-0.05, 0) is 12.1 Å². The summed E-state index contributed by atoms with van der Waals surface area (Å²) in [4.78, 5) is 23.6. The van der Waals surface area contributed by atoms with Crippen LogP contribution in [-0.2, 0) is 23.7 Å². The molecule has 2 heterocycles. The van der Waals surface area contributed by atoms with E-state index in [0.717, 1.165) is 7.11 Å². The largest absolute Gasteiger partial charge is 0.465 e. The van der Waals surface area contributed by atoms with E-state index in [0.29, 0.717) is 5.56 Å². The molecule has 2 N–H and O–H groups in total. The molecule has 0 radical (unpaired) electrons. The second-order valence-corrected chi connectivity index (χ2v) is 5.73. The molecular formula is C16H18O8. The van der Waals surface area contributed by atoms with Crippen molar-refractivity contribution < 1.29 is 38.7 Å². The molecule has 0 saturated carbocycles. The molecular weight excluding hydrogens is 320 g/mol. The van der Waals surface area contributed by atoms with Crippen molar-refractivity contribution in [1.29, 1.82) is 0 Å². The quantitative estimate of drug-likeness (QED) is 0.715. The van der Waals surface area contributed by atoms with Crippen LogP contribution in [0.5, 0.6) is 0 Å². The zero-order valence-corrected chi connectivity index (χ0v) is 13.0. The van der Waals surface area contributed by atoms with Gasteiger partial charge in [0.15, 0.2) is 0 Å². The smallest absolute Gasteiger partial charge is 0.366 e. The second-order valence-electron chi connectivity index (χ2n) is 5.73. The fourth-order valence-corrected chi connectivity index (χ4v) is 2.91. The summed E-state index contributed by atoms with van der Waals surface area (Å²) in [5.41, 5.74) is 0.381. The van der Waals surface area contributed by atoms with Gasteiger partial charge in [-0.1, -0.05) is 18.2 Å². The lowest BCUT2D eigenvalue weighted by atomic mass is 9.96. The summed E-state index contributed by atoms with van der Waals surface area (Å²) in [6.45, 7) is -0.177. The molecule has 0 aromatic heterocycles. The molecule has 24 heavy (non-hydrogen) atoms. The molecule has 2 aliphatic heterocycles. The Kier molecular flexibility index (Phi) is 4.55. The van der Waals surface area contributed by atoms with Crippen LogP contribution in [0.3, 0.4) is 0 Å². The molecule has 5 atom stereocenters. The van der Waals surface area contributed by atoms with Crippen LogP contribution in [0, 0.1) is 0 Å². The van der Waals surface area contributed by atoms with E-state index in [9.17, 15) is 19.8 Å². The van der Waals surface area contributed by atoms with Crippen molar-refractivity contribution in [1.82, 2.24) is 0 Å². The van der Waals surface area contributed by atoms with Crippen LogP contribution in [-0.4, -0.2) is 66.1 Å². The van der Waals surface area contributed by atoms with E-state index in [1.54, 1.807) is 30.3 Å². The van der Waals surface area contributed by atoms with Gasteiger partial charge in [0, 0.05) is 6.42 Å². The summed E-state index contributed by atoms with van der Waals surface area (Å²) in [5, 5.41) is 20.3. The fraction of sp³-hybridized carbons (Fsp3) is 0.500. The van der Waals surface area contributed by atoms with E-state index in [4.69, 9.17) is 14.2 Å². The van der Waals surface area contributed by atoms with Gasteiger partial charge in [0.25, 0.3) is 5.79 Å². The van der Waals surface area contributed by atoms with Gasteiger partial charge in [0.2, 0.25) is 0 Å². The lowest BCUT2D eigenvalue weighted by molar-refractivity contribution is -0.271. The van der Waals surface area contributed by atoms with Gasteiger partial charge >= 0.3 is 11.9 Å². The maximum Gasteiger partial charge on any atom is 0.366 e. The SMILES string of the molecule is COC(=O)[C@@]1(O)C[C@@H]2O[C@H](COC(=O)c3ccccc3)[C@H](O1)[C@@H]2O. The summed E-state index contributed by atoms with van der Waals surface area (Å²) in [6, 6.07) is 8.41. The Bertz CT molecular complexity index is 618. The average Bonchev–Trinajstić information content (AvgIpc) is 2.78. The van der Waals surface area contributed by atoms with Crippen LogP contribution in [0.4, 0.5) is 0 Å². The highest BCUT2D eigenvalue weighted by atomic mass is 16.7. The summed E-state index contributed by atoms with van der Waals surface area (Å²) in [5.74, 6) is -3.69. The number of carbonyl (C=O) groups is 2. The van der Waals surface area contributed by atoms with Gasteiger partial charge in [0.1, 0.15) is 24.9 Å². The predicted molar refractivity (Wildman–Crippen MR) is 77.8 cm³/mol. The number of carbonyl (C=O) groups excluding carboxylic acids is 2. The number of hydrogen-bond acceptors (Lipinski definition) is 8. The van der Waals surface area contributed by atoms with Gasteiger partial charge in [0.05, 0.1) is 18.8 Å². The monoisotopic (exact) mass is 338 g/mol. The van der Waals surface area contributed by atoms with Crippen molar-refractivity contribution in [3.05, 3.63) is 35.9 Å². The van der Waals surface area contributed by atoms with E-state index in [2.05, 4.69) is 4.74 Å². The highest BCUT2D eigenvalue weighted by Crippen LogP contribution is 2.38. The molecule has 0 spiro atoms. The third kappa shape index (κ3) is 3.01. The number of rotatable bonds is 4. The first-order valence-corrected chi connectivity index (χ1v) is 7.49. The number of fused-ring (bicyclic) bond motifs is 2. The van der Waals surface area contributed by atoms with Gasteiger partial charge < -0.3 is 29.2 Å². The van der Waals surface area contributed by atoms with Crippen molar-refractivity contribution in [3.63, 3.8) is 0 Å². The molecule has 1 aromatic carbocycles. The van der Waals surface area contributed by atoms with Crippen LogP contribution in [0.15, 0.2) is 30.3 Å². The van der Waals surface area contributed by atoms with Gasteiger partial charge in [-0.2, -0.15) is 0 Å². The van der Waals surface area contributed by atoms with Crippen molar-refractivity contribution in [3.8, 4) is 0 Å². The molecule has 0 amide bonds. The number of aliphatic hydroxyl groups excluding tert-OH is 1. The lowest BCUT2D eigenvalue weighted by Crippen LogP contribution is -2.56. The highest BCUT2D eigenvalue weighted by Gasteiger charge is 2.59. The summed E-state index contributed by atoms with van der Waals surface area (Å²) in [6.07, 6.45) is -3.91. The fourth-order valence-electron chi connectivity index (χ4n) is 2.91. The molecule has 2 fully saturated rings. The van der Waals surface area contributed by atoms with Crippen LogP contribution < -0.4 is 0 Å². The van der Waals surface area contributed by atoms with Crippen LogP contribution in [0.1, 0.15) is 16.8 Å². The first-order chi connectivity index (χ1) is 11.4. The minimum absolute atomic E-state index is 0.177. The highest BCUT2D eigenvalue weighted by molar-refractivity contribution is 5.89. The topological polar surface area (TPSA) is 112 Å². The lowest BCUT2D eigenvalue weighted by Gasteiger charge is -2.35. The Hall–Kier alpha value is -2.00. The maximum atomic E-state index is 12.0. The van der Waals surface area contributed by atoms with E-state index in [1.165, 1.54) is 0 Å². The van der Waals surface area contributed by atoms with E-state index in [-0.39, 0.29) is 13.0 Å². The molecule has 0 aliphatic carbocycles. The zero-order chi connectivity index (χ0) is 17.3. The number of aliphatic hydroxyl groups is 2.